The number of rotatable bonds is 4. The SMILES string of the molecule is CC(C)(C)NS(=O)(=O)NCC(O)C(F)(F)F. The second-order valence-corrected chi connectivity index (χ2v) is 5.76. The minimum Gasteiger partial charge on any atom is -0.382 e. The standard InChI is InChI=1S/C7H15F3N2O3S/c1-6(2,3)12-16(14,15)11-4-5(13)7(8,9)10/h5,11-13H,4H2,1-3H3. The lowest BCUT2D eigenvalue weighted by molar-refractivity contribution is -0.200. The second kappa shape index (κ2) is 4.86. The molecule has 5 nitrogen and oxygen atoms in total. The van der Waals surface area contributed by atoms with E-state index < -0.39 is 34.6 Å². The van der Waals surface area contributed by atoms with Gasteiger partial charge in [-0.15, -0.1) is 0 Å². The molecule has 0 aromatic carbocycles. The van der Waals surface area contributed by atoms with E-state index in [0.717, 1.165) is 0 Å². The number of nitrogens with one attached hydrogen (secondary N) is 2. The third-order valence-electron chi connectivity index (χ3n) is 1.29. The molecule has 9 heteroatoms. The molecule has 0 amide bonds. The van der Waals surface area contributed by atoms with E-state index >= 15 is 0 Å². The quantitative estimate of drug-likeness (QED) is 0.675. The molecule has 0 aliphatic heterocycles. The molecule has 0 saturated carbocycles. The van der Waals surface area contributed by atoms with E-state index in [1.807, 2.05) is 0 Å². The Morgan fingerprint density at radius 3 is 2.00 bits per heavy atom. The van der Waals surface area contributed by atoms with Crippen LogP contribution in [-0.4, -0.2) is 37.9 Å². The van der Waals surface area contributed by atoms with E-state index in [9.17, 15) is 21.6 Å². The normalized spacial score (nSPS) is 16.2. The molecule has 0 rings (SSSR count). The van der Waals surface area contributed by atoms with Gasteiger partial charge in [-0.25, -0.2) is 0 Å². The molecule has 0 radical (unpaired) electrons. The summed E-state index contributed by atoms with van der Waals surface area (Å²) in [5.41, 5.74) is -0.810. The molecule has 1 unspecified atom stereocenters. The highest BCUT2D eigenvalue weighted by molar-refractivity contribution is 7.87. The zero-order valence-electron chi connectivity index (χ0n) is 9.09. The van der Waals surface area contributed by atoms with Gasteiger partial charge in [-0.2, -0.15) is 31.0 Å². The van der Waals surface area contributed by atoms with E-state index in [0.29, 0.717) is 0 Å². The summed E-state index contributed by atoms with van der Waals surface area (Å²) < 4.78 is 61.6. The van der Waals surface area contributed by atoms with Crippen LogP contribution in [-0.2, 0) is 10.2 Å². The van der Waals surface area contributed by atoms with Crippen molar-refractivity contribution in [1.82, 2.24) is 9.44 Å². The molecule has 0 aromatic rings. The van der Waals surface area contributed by atoms with E-state index in [-0.39, 0.29) is 0 Å². The van der Waals surface area contributed by atoms with Crippen molar-refractivity contribution in [3.8, 4) is 0 Å². The molecule has 98 valence electrons. The summed E-state index contributed by atoms with van der Waals surface area (Å²) in [6, 6.07) is 0. The van der Waals surface area contributed by atoms with Crippen LogP contribution < -0.4 is 9.44 Å². The minimum atomic E-state index is -4.84. The highest BCUT2D eigenvalue weighted by Gasteiger charge is 2.38. The topological polar surface area (TPSA) is 78.4 Å². The van der Waals surface area contributed by atoms with Crippen LogP contribution in [0.2, 0.25) is 0 Å². The Balaban J connectivity index is 4.32. The average Bonchev–Trinajstić information content (AvgIpc) is 1.93. The van der Waals surface area contributed by atoms with Gasteiger partial charge in [0.05, 0.1) is 0 Å². The molecule has 16 heavy (non-hydrogen) atoms. The number of hydrogen-bond acceptors (Lipinski definition) is 3. The smallest absolute Gasteiger partial charge is 0.382 e. The number of hydrogen-bond donors (Lipinski definition) is 3. The van der Waals surface area contributed by atoms with Crippen LogP contribution in [0.25, 0.3) is 0 Å². The van der Waals surface area contributed by atoms with Crippen LogP contribution in [0.5, 0.6) is 0 Å². The van der Waals surface area contributed by atoms with Gasteiger partial charge in [-0.1, -0.05) is 0 Å². The molecule has 0 bridgehead atoms. The summed E-state index contributed by atoms with van der Waals surface area (Å²) in [6.07, 6.45) is -7.56. The van der Waals surface area contributed by atoms with E-state index in [1.165, 1.54) is 20.8 Å². The Labute approximate surface area is 92.2 Å². The summed E-state index contributed by atoms with van der Waals surface area (Å²) in [4.78, 5) is 0. The molecule has 0 spiro atoms. The van der Waals surface area contributed by atoms with Crippen molar-refractivity contribution in [3.63, 3.8) is 0 Å². The summed E-state index contributed by atoms with van der Waals surface area (Å²) >= 11 is 0. The van der Waals surface area contributed by atoms with Crippen molar-refractivity contribution in [1.29, 1.82) is 0 Å². The van der Waals surface area contributed by atoms with Crippen LogP contribution in [0.15, 0.2) is 0 Å². The van der Waals surface area contributed by atoms with E-state index in [1.54, 1.807) is 4.72 Å². The molecule has 0 aliphatic rings. The van der Waals surface area contributed by atoms with Crippen molar-refractivity contribution in [2.24, 2.45) is 0 Å². The zero-order valence-corrected chi connectivity index (χ0v) is 9.91. The maximum Gasteiger partial charge on any atom is 0.415 e. The van der Waals surface area contributed by atoms with E-state index in [2.05, 4.69) is 4.72 Å². The first-order valence-electron chi connectivity index (χ1n) is 4.37. The van der Waals surface area contributed by atoms with Gasteiger partial charge in [0, 0.05) is 12.1 Å². The van der Waals surface area contributed by atoms with Gasteiger partial charge in [-0.05, 0) is 20.8 Å². The Morgan fingerprint density at radius 1 is 1.25 bits per heavy atom. The number of halogens is 3. The average molecular weight is 264 g/mol. The summed E-state index contributed by atoms with van der Waals surface area (Å²) in [7, 11) is -4.05. The predicted molar refractivity (Wildman–Crippen MR) is 51.9 cm³/mol. The van der Waals surface area contributed by atoms with Crippen LogP contribution >= 0.6 is 0 Å². The Kier molecular flexibility index (Phi) is 4.75. The predicted octanol–water partition coefficient (Wildman–Crippen LogP) is 0.132. The fourth-order valence-corrected chi connectivity index (χ4v) is 2.00. The second-order valence-electron chi connectivity index (χ2n) is 4.26. The Hall–Kier alpha value is -0.380. The fourth-order valence-electron chi connectivity index (χ4n) is 0.744. The highest BCUT2D eigenvalue weighted by Crippen LogP contribution is 2.19. The van der Waals surface area contributed by atoms with Crippen LogP contribution in [0.1, 0.15) is 20.8 Å². The van der Waals surface area contributed by atoms with Gasteiger partial charge in [0.15, 0.2) is 6.10 Å². The summed E-state index contributed by atoms with van der Waals surface area (Å²) in [6.45, 7) is 3.49. The fraction of sp³-hybridized carbons (Fsp3) is 1.00. The molecule has 0 heterocycles. The highest BCUT2D eigenvalue weighted by atomic mass is 32.2. The maximum atomic E-state index is 11.9. The van der Waals surface area contributed by atoms with Crippen LogP contribution in [0.3, 0.4) is 0 Å². The third kappa shape index (κ3) is 6.99. The zero-order chi connectivity index (χ0) is 13.2. The lowest BCUT2D eigenvalue weighted by Crippen LogP contribution is -2.50. The molecule has 0 saturated heterocycles. The first-order chi connectivity index (χ1) is 6.83. The van der Waals surface area contributed by atoms with Crippen molar-refractivity contribution < 1.29 is 26.7 Å². The molecular weight excluding hydrogens is 249 g/mol. The summed E-state index contributed by atoms with van der Waals surface area (Å²) in [5, 5.41) is 8.57. The van der Waals surface area contributed by atoms with Crippen molar-refractivity contribution in [3.05, 3.63) is 0 Å². The number of aliphatic hydroxyl groups is 1. The lowest BCUT2D eigenvalue weighted by atomic mass is 10.1. The van der Waals surface area contributed by atoms with E-state index in [4.69, 9.17) is 5.11 Å². The van der Waals surface area contributed by atoms with Gasteiger partial charge in [-0.3, -0.25) is 0 Å². The number of aliphatic hydroxyl groups excluding tert-OH is 1. The first-order valence-corrected chi connectivity index (χ1v) is 5.85. The van der Waals surface area contributed by atoms with Gasteiger partial charge in [0.1, 0.15) is 0 Å². The molecule has 3 N–H and O–H groups in total. The van der Waals surface area contributed by atoms with Gasteiger partial charge < -0.3 is 5.11 Å². The Bertz CT molecular complexity index is 321. The van der Waals surface area contributed by atoms with Crippen LogP contribution in [0, 0.1) is 0 Å². The van der Waals surface area contributed by atoms with Gasteiger partial charge in [0.25, 0.3) is 10.2 Å². The largest absolute Gasteiger partial charge is 0.415 e. The molecule has 1 atom stereocenters. The molecule has 0 aromatic heterocycles. The van der Waals surface area contributed by atoms with Crippen molar-refractivity contribution in [2.45, 2.75) is 38.6 Å². The first kappa shape index (κ1) is 15.6. The Morgan fingerprint density at radius 2 is 1.69 bits per heavy atom. The molecular formula is C7H15F3N2O3S. The van der Waals surface area contributed by atoms with Gasteiger partial charge >= 0.3 is 6.18 Å². The van der Waals surface area contributed by atoms with Gasteiger partial charge in [0.2, 0.25) is 0 Å². The maximum absolute atomic E-state index is 11.9. The summed E-state index contributed by atoms with van der Waals surface area (Å²) in [5.74, 6) is 0. The lowest BCUT2D eigenvalue weighted by Gasteiger charge is -2.21. The molecule has 0 fully saturated rings. The minimum absolute atomic E-state index is 0.810. The third-order valence-corrected chi connectivity index (χ3v) is 2.71. The van der Waals surface area contributed by atoms with Crippen LogP contribution in [0.4, 0.5) is 13.2 Å². The monoisotopic (exact) mass is 264 g/mol. The number of alkyl halides is 3. The molecule has 0 aliphatic carbocycles. The van der Waals surface area contributed by atoms with Crippen molar-refractivity contribution in [2.75, 3.05) is 6.54 Å². The van der Waals surface area contributed by atoms with Crippen molar-refractivity contribution >= 4 is 10.2 Å².